The van der Waals surface area contributed by atoms with E-state index in [0.29, 0.717) is 18.1 Å². The lowest BCUT2D eigenvalue weighted by Gasteiger charge is -2.35. The molecule has 0 aromatic heterocycles. The van der Waals surface area contributed by atoms with E-state index in [-0.39, 0.29) is 12.1 Å². The predicted molar refractivity (Wildman–Crippen MR) is 120 cm³/mol. The van der Waals surface area contributed by atoms with E-state index in [1.54, 1.807) is 0 Å². The summed E-state index contributed by atoms with van der Waals surface area (Å²) in [6, 6.07) is 4.67. The summed E-state index contributed by atoms with van der Waals surface area (Å²) in [5, 5.41) is 72.0. The number of fused-ring (bicyclic) bond motifs is 2. The lowest BCUT2D eigenvalue weighted by Crippen LogP contribution is -2.42. The van der Waals surface area contributed by atoms with Crippen molar-refractivity contribution in [2.75, 3.05) is 6.54 Å². The molecule has 2 aliphatic carbocycles. The number of benzene rings is 2. The first-order chi connectivity index (χ1) is 16.9. The van der Waals surface area contributed by atoms with Gasteiger partial charge in [0.15, 0.2) is 17.3 Å². The number of carboxylic acid groups (broad SMARTS) is 2. The van der Waals surface area contributed by atoms with Crippen molar-refractivity contribution in [3.63, 3.8) is 0 Å². The Balaban J connectivity index is 2.04. The monoisotopic (exact) mass is 497 g/mol. The first kappa shape index (κ1) is 24.3. The van der Waals surface area contributed by atoms with Crippen LogP contribution in [0.1, 0.15) is 52.6 Å². The maximum absolute atomic E-state index is 13.5. The molecule has 186 valence electrons. The van der Waals surface area contributed by atoms with Gasteiger partial charge in [0.05, 0.1) is 17.1 Å². The third-order valence-electron chi connectivity index (χ3n) is 6.23. The summed E-state index contributed by atoms with van der Waals surface area (Å²) < 4.78 is 0. The van der Waals surface area contributed by atoms with Crippen LogP contribution in [0.2, 0.25) is 0 Å². The van der Waals surface area contributed by atoms with Crippen LogP contribution < -0.4 is 5.73 Å². The second-order valence-corrected chi connectivity index (χ2v) is 8.25. The number of allylic oxidation sites excluding steroid dienone is 3. The summed E-state index contributed by atoms with van der Waals surface area (Å²) in [6.45, 7) is 0.216. The van der Waals surface area contributed by atoms with E-state index in [1.807, 2.05) is 0 Å². The first-order valence-electron chi connectivity index (χ1n) is 10.4. The lowest BCUT2D eigenvalue weighted by molar-refractivity contribution is 0.0634. The van der Waals surface area contributed by atoms with Gasteiger partial charge in [-0.15, -0.1) is 0 Å². The van der Waals surface area contributed by atoms with Gasteiger partial charge in [-0.3, -0.25) is 9.59 Å². The van der Waals surface area contributed by atoms with Crippen molar-refractivity contribution in [2.45, 2.75) is 6.42 Å². The number of ketones is 2. The zero-order valence-electron chi connectivity index (χ0n) is 18.2. The number of Topliss-reactive ketones (excluding diaryl/α,β-unsaturated/α-hetero) is 2. The van der Waals surface area contributed by atoms with E-state index in [4.69, 9.17) is 5.73 Å². The van der Waals surface area contributed by atoms with Gasteiger partial charge < -0.3 is 41.5 Å². The molecule has 0 radical (unpaired) electrons. The second-order valence-electron chi connectivity index (χ2n) is 8.25. The number of nitrogens with two attached hydrogens (primary N) is 1. The summed E-state index contributed by atoms with van der Waals surface area (Å²) in [6.07, 6.45) is 0.331. The van der Waals surface area contributed by atoms with Crippen LogP contribution in [0.4, 0.5) is 0 Å². The fraction of sp³-hybridized carbons (Fsp3) is 0.167. The van der Waals surface area contributed by atoms with Crippen molar-refractivity contribution in [1.82, 2.24) is 0 Å². The van der Waals surface area contributed by atoms with Crippen LogP contribution in [-0.2, 0) is 6.42 Å². The average Bonchev–Trinajstić information content (AvgIpc) is 2.80. The highest BCUT2D eigenvalue weighted by atomic mass is 16.4. The topological polar surface area (TPSA) is 236 Å². The van der Waals surface area contributed by atoms with Crippen molar-refractivity contribution in [1.29, 1.82) is 0 Å². The number of rotatable bonds is 5. The molecule has 12 heteroatoms. The number of carbonyl (C=O) groups is 4. The molecule has 36 heavy (non-hydrogen) atoms. The molecule has 2 atom stereocenters. The Bertz CT molecular complexity index is 1450. The molecular weight excluding hydrogens is 478 g/mol. The lowest BCUT2D eigenvalue weighted by atomic mass is 9.67. The fourth-order valence-corrected chi connectivity index (χ4v) is 4.66. The molecule has 2 unspecified atom stereocenters. The Morgan fingerprint density at radius 2 is 1.39 bits per heavy atom. The van der Waals surface area contributed by atoms with Gasteiger partial charge in [-0.2, -0.15) is 0 Å². The third kappa shape index (κ3) is 3.34. The maximum Gasteiger partial charge on any atom is 0.340 e. The van der Waals surface area contributed by atoms with E-state index < -0.39 is 91.9 Å². The maximum atomic E-state index is 13.5. The Kier molecular flexibility index (Phi) is 5.69. The van der Waals surface area contributed by atoms with Crippen molar-refractivity contribution >= 4 is 29.1 Å². The summed E-state index contributed by atoms with van der Waals surface area (Å²) in [5.41, 5.74) is 1.41. The number of phenolic OH excluding ortho intramolecular Hbond substituents is 1. The van der Waals surface area contributed by atoms with E-state index in [1.165, 1.54) is 18.2 Å². The minimum absolute atomic E-state index is 0.206. The number of aromatic carboxylic acids is 2. The standard InChI is InChI=1S/C24H19NO11/c25-4-3-7-1-2-10(26)8(5-7)13-20(30)17-16(22(32)21(13)31)18(28)9-6-11(27)14(23(33)34)15(24(35)36)12(9)19(17)29/h1-2,5-6,16-17,26-27,30-32H,3-4,25H2,(H,33,34)(H,35,36). The molecule has 0 aliphatic heterocycles. The molecule has 0 amide bonds. The highest BCUT2D eigenvalue weighted by Gasteiger charge is 2.53. The van der Waals surface area contributed by atoms with E-state index >= 15 is 0 Å². The van der Waals surface area contributed by atoms with Crippen molar-refractivity contribution in [3.8, 4) is 11.5 Å². The molecule has 0 saturated heterocycles. The van der Waals surface area contributed by atoms with Gasteiger partial charge >= 0.3 is 11.9 Å². The molecule has 0 saturated carbocycles. The summed E-state index contributed by atoms with van der Waals surface area (Å²) >= 11 is 0. The SMILES string of the molecule is NCCc1ccc(O)c(C2=C(O)C3C(=O)c4c(cc(O)c(C(=O)O)c4C(=O)O)C(=O)C3C(O)=C2O)c1. The highest BCUT2D eigenvalue weighted by Crippen LogP contribution is 2.49. The number of aliphatic hydroxyl groups is 3. The number of aliphatic hydroxyl groups excluding tert-OH is 3. The number of carbonyl (C=O) groups excluding carboxylic acids is 2. The van der Waals surface area contributed by atoms with Gasteiger partial charge in [-0.1, -0.05) is 6.07 Å². The van der Waals surface area contributed by atoms with Gasteiger partial charge in [0.2, 0.25) is 0 Å². The molecule has 4 rings (SSSR count). The molecule has 2 aromatic carbocycles. The Morgan fingerprint density at radius 1 is 0.778 bits per heavy atom. The van der Waals surface area contributed by atoms with Gasteiger partial charge in [0.1, 0.15) is 34.5 Å². The molecule has 2 aromatic rings. The smallest absolute Gasteiger partial charge is 0.340 e. The average molecular weight is 497 g/mol. The Labute approximate surface area is 201 Å². The normalized spacial score (nSPS) is 19.2. The van der Waals surface area contributed by atoms with Crippen molar-refractivity contribution < 1.29 is 54.9 Å². The minimum Gasteiger partial charge on any atom is -0.511 e. The largest absolute Gasteiger partial charge is 0.511 e. The van der Waals surface area contributed by atoms with Crippen LogP contribution in [0, 0.1) is 11.8 Å². The van der Waals surface area contributed by atoms with E-state index in [2.05, 4.69) is 0 Å². The van der Waals surface area contributed by atoms with Crippen LogP contribution in [0.5, 0.6) is 11.5 Å². The zero-order valence-corrected chi connectivity index (χ0v) is 18.2. The number of aromatic hydroxyl groups is 2. The van der Waals surface area contributed by atoms with Crippen LogP contribution in [0.3, 0.4) is 0 Å². The zero-order chi connectivity index (χ0) is 26.6. The van der Waals surface area contributed by atoms with Crippen LogP contribution in [0.25, 0.3) is 5.57 Å². The Hall–Kier alpha value is -4.84. The summed E-state index contributed by atoms with van der Waals surface area (Å²) in [4.78, 5) is 50.3. The fourth-order valence-electron chi connectivity index (χ4n) is 4.66. The number of hydrogen-bond donors (Lipinski definition) is 8. The number of hydrogen-bond acceptors (Lipinski definition) is 10. The van der Waals surface area contributed by atoms with Crippen LogP contribution in [0.15, 0.2) is 41.5 Å². The van der Waals surface area contributed by atoms with Gasteiger partial charge in [-0.25, -0.2) is 9.59 Å². The van der Waals surface area contributed by atoms with Gasteiger partial charge in [-0.05, 0) is 36.7 Å². The third-order valence-corrected chi connectivity index (χ3v) is 6.23. The molecule has 9 N–H and O–H groups in total. The molecule has 0 bridgehead atoms. The number of phenols is 2. The molecule has 0 spiro atoms. The quantitative estimate of drug-likeness (QED) is 0.296. The van der Waals surface area contributed by atoms with Gasteiger partial charge in [0, 0.05) is 16.7 Å². The van der Waals surface area contributed by atoms with Crippen LogP contribution >= 0.6 is 0 Å². The van der Waals surface area contributed by atoms with E-state index in [9.17, 15) is 54.9 Å². The molecule has 12 nitrogen and oxygen atoms in total. The van der Waals surface area contributed by atoms with Crippen molar-refractivity contribution in [2.24, 2.45) is 17.6 Å². The molecule has 0 heterocycles. The van der Waals surface area contributed by atoms with E-state index in [0.717, 1.165) is 0 Å². The summed E-state index contributed by atoms with van der Waals surface area (Å²) in [5.74, 6) is -14.7. The van der Waals surface area contributed by atoms with Crippen molar-refractivity contribution in [3.05, 3.63) is 74.9 Å². The predicted octanol–water partition coefficient (Wildman–Crippen LogP) is 1.92. The second kappa shape index (κ2) is 8.43. The van der Waals surface area contributed by atoms with Crippen LogP contribution in [-0.4, -0.2) is 65.8 Å². The summed E-state index contributed by atoms with van der Waals surface area (Å²) in [7, 11) is 0. The molecular formula is C24H19NO11. The minimum atomic E-state index is -1.96. The highest BCUT2D eigenvalue weighted by molar-refractivity contribution is 6.24. The number of carboxylic acids is 2. The van der Waals surface area contributed by atoms with Gasteiger partial charge in [0.25, 0.3) is 0 Å². The molecule has 2 aliphatic rings. The first-order valence-corrected chi connectivity index (χ1v) is 10.4. The Morgan fingerprint density at radius 3 is 1.97 bits per heavy atom. The molecule has 0 fully saturated rings.